The summed E-state index contributed by atoms with van der Waals surface area (Å²) in [6.07, 6.45) is 8.08. The lowest BCUT2D eigenvalue weighted by molar-refractivity contribution is 1.09. The first-order chi connectivity index (χ1) is 28.3. The largest absolute Gasteiger partial charge is 0.307 e. The van der Waals surface area contributed by atoms with Crippen LogP contribution in [0.25, 0.3) is 66.1 Å². The van der Waals surface area contributed by atoms with Crippen LogP contribution in [0.3, 0.4) is 0 Å². The Balaban J connectivity index is 1.23. The van der Waals surface area contributed by atoms with E-state index in [1.807, 2.05) is 24.8 Å². The molecule has 4 aromatic heterocycles. The average Bonchev–Trinajstić information content (AvgIpc) is 3.81. The van der Waals surface area contributed by atoms with Crippen LogP contribution in [0.2, 0.25) is 0 Å². The molecule has 268 valence electrons. The molecule has 0 saturated heterocycles. The Morgan fingerprint density at radius 3 is 1.00 bits per heavy atom. The van der Waals surface area contributed by atoms with E-state index in [-0.39, 0.29) is 0 Å². The van der Waals surface area contributed by atoms with Crippen LogP contribution in [0.4, 0.5) is 0 Å². The van der Waals surface area contributed by atoms with Crippen LogP contribution in [0.15, 0.2) is 213 Å². The second kappa shape index (κ2) is 13.4. The van der Waals surface area contributed by atoms with Gasteiger partial charge in [0.2, 0.25) is 8.07 Å². The van der Waals surface area contributed by atoms with Gasteiger partial charge in [-0.05, 0) is 39.8 Å². The number of fused-ring (bicyclic) bond motifs is 6. The van der Waals surface area contributed by atoms with Crippen molar-refractivity contribution in [3.05, 3.63) is 213 Å². The maximum atomic E-state index is 5.46. The van der Waals surface area contributed by atoms with Crippen molar-refractivity contribution in [3.8, 4) is 22.5 Å². The highest BCUT2D eigenvalue weighted by molar-refractivity contribution is 7.19. The summed E-state index contributed by atoms with van der Waals surface area (Å²) in [6.45, 7) is 0. The molecular formula is C51H35N5Si. The van der Waals surface area contributed by atoms with Gasteiger partial charge in [-0.25, -0.2) is 9.97 Å². The molecule has 0 aliphatic carbocycles. The van der Waals surface area contributed by atoms with Gasteiger partial charge < -0.3 is 9.13 Å². The van der Waals surface area contributed by atoms with E-state index in [2.05, 4.69) is 197 Å². The maximum Gasteiger partial charge on any atom is 0.226 e. The van der Waals surface area contributed by atoms with Gasteiger partial charge in [-0.1, -0.05) is 164 Å². The minimum atomic E-state index is -2.95. The zero-order valence-electron chi connectivity index (χ0n) is 30.9. The predicted octanol–water partition coefficient (Wildman–Crippen LogP) is 9.11. The molecule has 0 atom stereocenters. The fourth-order valence-corrected chi connectivity index (χ4v) is 13.4. The Kier molecular flexibility index (Phi) is 7.76. The lowest BCUT2D eigenvalue weighted by atomic mass is 10.1. The third kappa shape index (κ3) is 5.04. The molecule has 11 rings (SSSR count). The molecule has 0 aliphatic heterocycles. The van der Waals surface area contributed by atoms with Crippen LogP contribution in [-0.2, 0) is 0 Å². The first-order valence-electron chi connectivity index (χ1n) is 19.3. The van der Waals surface area contributed by atoms with Gasteiger partial charge in [-0.15, -0.1) is 0 Å². The Morgan fingerprint density at radius 1 is 0.333 bits per heavy atom. The Hall–Kier alpha value is -7.41. The summed E-state index contributed by atoms with van der Waals surface area (Å²) in [6, 6.07) is 67.0. The Morgan fingerprint density at radius 2 is 0.649 bits per heavy atom. The summed E-state index contributed by atoms with van der Waals surface area (Å²) < 4.78 is 4.71. The zero-order chi connectivity index (χ0) is 37.8. The van der Waals surface area contributed by atoms with Gasteiger partial charge in [-0.2, -0.15) is 0 Å². The first-order valence-corrected chi connectivity index (χ1v) is 21.3. The molecule has 0 aliphatic rings. The number of hydrogen-bond acceptors (Lipinski definition) is 3. The fraction of sp³-hybridized carbons (Fsp3) is 0. The molecule has 0 N–H and O–H groups in total. The number of hydrogen-bond donors (Lipinski definition) is 0. The lowest BCUT2D eigenvalue weighted by Crippen LogP contribution is -2.76. The zero-order valence-corrected chi connectivity index (χ0v) is 31.9. The van der Waals surface area contributed by atoms with E-state index in [0.29, 0.717) is 0 Å². The maximum absolute atomic E-state index is 5.46. The Labute approximate surface area is 330 Å². The molecule has 0 radical (unpaired) electrons. The number of benzene rings is 7. The van der Waals surface area contributed by atoms with Crippen molar-refractivity contribution in [2.75, 3.05) is 0 Å². The van der Waals surface area contributed by atoms with Crippen LogP contribution in [0.5, 0.6) is 0 Å². The van der Waals surface area contributed by atoms with Crippen LogP contribution in [-0.4, -0.2) is 32.2 Å². The van der Waals surface area contributed by atoms with Gasteiger partial charge in [0.1, 0.15) is 5.45 Å². The normalized spacial score (nSPS) is 11.9. The third-order valence-corrected chi connectivity index (χ3v) is 16.0. The molecule has 0 fully saturated rings. The molecule has 0 spiro atoms. The number of para-hydroxylation sites is 4. The van der Waals surface area contributed by atoms with E-state index in [9.17, 15) is 0 Å². The summed E-state index contributed by atoms with van der Waals surface area (Å²) >= 11 is 0. The van der Waals surface area contributed by atoms with Gasteiger partial charge in [0.05, 0.1) is 45.8 Å². The number of pyridine rings is 1. The SMILES string of the molecule is c1ccc([Si](c2ccccc2)(c2ccccc2)c2ncc(-c3c(-n4c5ccccc5c5ccccc54)cncc3-n3c4ccccc4c4ccccc43)cn2)cc1. The van der Waals surface area contributed by atoms with Gasteiger partial charge in [0.25, 0.3) is 0 Å². The molecule has 4 heterocycles. The van der Waals surface area contributed by atoms with E-state index < -0.39 is 8.07 Å². The highest BCUT2D eigenvalue weighted by Crippen LogP contribution is 2.41. The molecule has 6 heteroatoms. The lowest BCUT2D eigenvalue weighted by Gasteiger charge is -2.32. The highest BCUT2D eigenvalue weighted by atomic mass is 28.3. The van der Waals surface area contributed by atoms with Crippen molar-refractivity contribution in [2.24, 2.45) is 0 Å². The van der Waals surface area contributed by atoms with Gasteiger partial charge >= 0.3 is 0 Å². The summed E-state index contributed by atoms with van der Waals surface area (Å²) in [5.74, 6) is 0. The van der Waals surface area contributed by atoms with Crippen LogP contribution < -0.4 is 21.0 Å². The highest BCUT2D eigenvalue weighted by Gasteiger charge is 2.44. The van der Waals surface area contributed by atoms with Crippen molar-refractivity contribution < 1.29 is 0 Å². The minimum absolute atomic E-state index is 0.834. The van der Waals surface area contributed by atoms with E-state index in [1.54, 1.807) is 0 Å². The first kappa shape index (κ1) is 33.0. The molecule has 7 aromatic carbocycles. The van der Waals surface area contributed by atoms with E-state index in [4.69, 9.17) is 15.0 Å². The molecule has 0 unspecified atom stereocenters. The monoisotopic (exact) mass is 745 g/mol. The predicted molar refractivity (Wildman–Crippen MR) is 238 cm³/mol. The van der Waals surface area contributed by atoms with Crippen molar-refractivity contribution in [1.82, 2.24) is 24.1 Å². The molecular weight excluding hydrogens is 711 g/mol. The minimum Gasteiger partial charge on any atom is -0.307 e. The van der Waals surface area contributed by atoms with Gasteiger partial charge in [0, 0.05) is 45.1 Å². The van der Waals surface area contributed by atoms with Gasteiger partial charge in [-0.3, -0.25) is 4.98 Å². The standard InChI is InChI=1S/C51H35N5Si/c1-4-18-37(19-5-1)57(38-20-6-2-7-21-38,39-22-8-3-9-23-39)51-53-32-36(33-54-51)50-48(55-44-28-14-10-24-40(44)41-25-11-15-29-45(41)55)34-52-35-49(50)56-46-30-16-12-26-42(46)43-27-13-17-31-47(43)56/h1-35H. The molecule has 57 heavy (non-hydrogen) atoms. The summed E-state index contributed by atoms with van der Waals surface area (Å²) in [4.78, 5) is 15.9. The van der Waals surface area contributed by atoms with Crippen molar-refractivity contribution >= 4 is 72.7 Å². The Bertz CT molecular complexity index is 2890. The summed E-state index contributed by atoms with van der Waals surface area (Å²) in [7, 11) is -2.95. The molecule has 11 aromatic rings. The van der Waals surface area contributed by atoms with Crippen LogP contribution >= 0.6 is 0 Å². The van der Waals surface area contributed by atoms with E-state index in [1.165, 1.54) is 37.1 Å². The quantitative estimate of drug-likeness (QED) is 0.121. The number of aromatic nitrogens is 5. The topological polar surface area (TPSA) is 48.5 Å². The van der Waals surface area contributed by atoms with E-state index in [0.717, 1.165) is 50.0 Å². The molecule has 5 nitrogen and oxygen atoms in total. The molecule has 0 bridgehead atoms. The second-order valence-corrected chi connectivity index (χ2v) is 18.1. The average molecular weight is 746 g/mol. The van der Waals surface area contributed by atoms with E-state index >= 15 is 0 Å². The van der Waals surface area contributed by atoms with Crippen molar-refractivity contribution in [3.63, 3.8) is 0 Å². The molecule has 0 saturated carbocycles. The van der Waals surface area contributed by atoms with Crippen LogP contribution in [0.1, 0.15) is 0 Å². The summed E-state index contributed by atoms with van der Waals surface area (Å²) in [5, 5.41) is 8.46. The molecule has 0 amide bonds. The van der Waals surface area contributed by atoms with Crippen molar-refractivity contribution in [1.29, 1.82) is 0 Å². The van der Waals surface area contributed by atoms with Crippen molar-refractivity contribution in [2.45, 2.75) is 0 Å². The van der Waals surface area contributed by atoms with Gasteiger partial charge in [0.15, 0.2) is 0 Å². The number of nitrogens with zero attached hydrogens (tertiary/aromatic N) is 5. The fourth-order valence-electron chi connectivity index (χ4n) is 9.04. The second-order valence-electron chi connectivity index (χ2n) is 14.4. The summed E-state index contributed by atoms with van der Waals surface area (Å²) in [5.41, 5.74) is 9.12. The number of rotatable bonds is 7. The smallest absolute Gasteiger partial charge is 0.226 e. The third-order valence-electron chi connectivity index (χ3n) is 11.4. The van der Waals surface area contributed by atoms with Crippen LogP contribution in [0, 0.1) is 0 Å².